The lowest BCUT2D eigenvalue weighted by molar-refractivity contribution is -0.0689. The molecule has 0 aliphatic rings. The Kier molecular flexibility index (Phi) is 4.16. The quantitative estimate of drug-likeness (QED) is 0.589. The molecule has 0 bridgehead atoms. The molecule has 0 aromatic heterocycles. The Morgan fingerprint density at radius 1 is 1.12 bits per heavy atom. The van der Waals surface area contributed by atoms with Gasteiger partial charge in [-0.25, -0.2) is 0 Å². The predicted molar refractivity (Wildman–Crippen MR) is 61.2 cm³/mol. The van der Waals surface area contributed by atoms with Gasteiger partial charge in [-0.1, -0.05) is 40.9 Å². The van der Waals surface area contributed by atoms with E-state index in [1.807, 2.05) is 0 Å². The van der Waals surface area contributed by atoms with Gasteiger partial charge in [0.1, 0.15) is 0 Å². The average molecular weight is 290 g/mol. The molecular weight excluding hydrogens is 283 g/mol. The highest BCUT2D eigenvalue weighted by atomic mass is 35.5. The van der Waals surface area contributed by atoms with E-state index in [4.69, 9.17) is 34.8 Å². The minimum absolute atomic E-state index is 0.00670. The van der Waals surface area contributed by atoms with Crippen molar-refractivity contribution in [3.63, 3.8) is 0 Å². The highest BCUT2D eigenvalue weighted by Gasteiger charge is 2.34. The first-order valence-electron chi connectivity index (χ1n) is 4.15. The fourth-order valence-electron chi connectivity index (χ4n) is 1.21. The molecule has 0 aliphatic carbocycles. The Hall–Kier alpha value is -0.380. The minimum atomic E-state index is -4.45. The summed E-state index contributed by atoms with van der Waals surface area (Å²) >= 11 is 17.0. The van der Waals surface area contributed by atoms with Gasteiger partial charge in [-0.2, -0.15) is 13.2 Å². The zero-order valence-corrected chi connectivity index (χ0v) is 10.3. The van der Waals surface area contributed by atoms with Crippen LogP contribution >= 0.6 is 34.8 Å². The van der Waals surface area contributed by atoms with Gasteiger partial charge in [-0.05, 0) is 24.6 Å². The first kappa shape index (κ1) is 13.7. The molecule has 88 valence electrons. The van der Waals surface area contributed by atoms with Crippen LogP contribution < -0.4 is 0 Å². The lowest BCUT2D eigenvalue weighted by Gasteiger charge is -2.12. The monoisotopic (exact) mass is 288 g/mol. The van der Waals surface area contributed by atoms with Crippen LogP contribution in [0.5, 0.6) is 0 Å². The fraction of sp³-hybridized carbons (Fsp3) is 0.200. The van der Waals surface area contributed by atoms with Crippen LogP contribution in [0.1, 0.15) is 12.5 Å². The molecule has 0 unspecified atom stereocenters. The molecule has 0 atom stereocenters. The highest BCUT2D eigenvalue weighted by molar-refractivity contribution is 6.48. The third-order valence-corrected chi connectivity index (χ3v) is 3.09. The Morgan fingerprint density at radius 3 is 1.88 bits per heavy atom. The summed E-state index contributed by atoms with van der Waals surface area (Å²) in [6.07, 6.45) is -3.49. The Morgan fingerprint density at radius 2 is 1.56 bits per heavy atom. The highest BCUT2D eigenvalue weighted by Crippen LogP contribution is 2.39. The topological polar surface area (TPSA) is 0 Å². The van der Waals surface area contributed by atoms with E-state index in [0.717, 1.165) is 18.2 Å². The Labute approximate surface area is 106 Å². The summed E-state index contributed by atoms with van der Waals surface area (Å²) in [5.41, 5.74) is -0.901. The molecule has 0 saturated heterocycles. The van der Waals surface area contributed by atoms with E-state index < -0.39 is 11.7 Å². The zero-order chi connectivity index (χ0) is 12.5. The number of hydrogen-bond donors (Lipinski definition) is 0. The number of halogens is 6. The lowest BCUT2D eigenvalue weighted by atomic mass is 10.1. The summed E-state index contributed by atoms with van der Waals surface area (Å²) in [5, 5.41) is 0.0326. The van der Waals surface area contributed by atoms with Crippen molar-refractivity contribution in [3.05, 3.63) is 38.8 Å². The summed E-state index contributed by atoms with van der Waals surface area (Å²) in [6.45, 7) is 1.29. The average Bonchev–Trinajstić information content (AvgIpc) is 2.12. The predicted octanol–water partition coefficient (Wildman–Crippen LogP) is 5.61. The number of hydrogen-bond acceptors (Lipinski definition) is 0. The molecule has 1 aromatic carbocycles. The number of rotatable bonds is 1. The van der Waals surface area contributed by atoms with Gasteiger partial charge in [0.15, 0.2) is 0 Å². The molecule has 0 radical (unpaired) electrons. The van der Waals surface area contributed by atoms with Crippen LogP contribution in [0.15, 0.2) is 18.2 Å². The summed E-state index contributed by atoms with van der Waals surface area (Å²) in [6, 6.07) is 2.27. The van der Waals surface area contributed by atoms with Crippen LogP contribution in [0.4, 0.5) is 13.2 Å². The van der Waals surface area contributed by atoms with Crippen LogP contribution in [0.25, 0.3) is 5.57 Å². The lowest BCUT2D eigenvalue weighted by Crippen LogP contribution is -2.10. The van der Waals surface area contributed by atoms with Gasteiger partial charge in [0, 0.05) is 0 Å². The normalized spacial score (nSPS) is 13.1. The molecule has 1 rings (SSSR count). The van der Waals surface area contributed by atoms with Crippen molar-refractivity contribution < 1.29 is 13.2 Å². The second-order valence-electron chi connectivity index (χ2n) is 2.95. The maximum atomic E-state index is 12.6. The summed E-state index contributed by atoms with van der Waals surface area (Å²) in [5.74, 6) is 0. The van der Waals surface area contributed by atoms with E-state index in [-0.39, 0.29) is 20.6 Å². The third-order valence-electron chi connectivity index (χ3n) is 1.89. The van der Waals surface area contributed by atoms with Crippen molar-refractivity contribution in [3.8, 4) is 0 Å². The van der Waals surface area contributed by atoms with E-state index in [9.17, 15) is 13.2 Å². The van der Waals surface area contributed by atoms with Crippen LogP contribution in [0.3, 0.4) is 0 Å². The second-order valence-corrected chi connectivity index (χ2v) is 4.15. The van der Waals surface area contributed by atoms with Gasteiger partial charge in [0.05, 0.1) is 20.6 Å². The third kappa shape index (κ3) is 2.84. The number of alkyl halides is 3. The van der Waals surface area contributed by atoms with Crippen LogP contribution in [0, 0.1) is 0 Å². The SMILES string of the molecule is C/C=C(\c1cc(Cl)c(Cl)c(Cl)c1)C(F)(F)F. The van der Waals surface area contributed by atoms with Crippen molar-refractivity contribution in [2.45, 2.75) is 13.1 Å². The van der Waals surface area contributed by atoms with Gasteiger partial charge in [-0.3, -0.25) is 0 Å². The molecule has 0 aliphatic heterocycles. The molecule has 0 nitrogen and oxygen atoms in total. The fourth-order valence-corrected chi connectivity index (χ4v) is 1.80. The molecule has 0 amide bonds. The van der Waals surface area contributed by atoms with Gasteiger partial charge >= 0.3 is 6.18 Å². The van der Waals surface area contributed by atoms with Gasteiger partial charge < -0.3 is 0 Å². The zero-order valence-electron chi connectivity index (χ0n) is 8.00. The van der Waals surface area contributed by atoms with E-state index >= 15 is 0 Å². The first-order valence-corrected chi connectivity index (χ1v) is 5.29. The van der Waals surface area contributed by atoms with Crippen LogP contribution in [0.2, 0.25) is 15.1 Å². The second kappa shape index (κ2) is 4.86. The summed E-state index contributed by atoms with van der Waals surface area (Å²) in [7, 11) is 0. The molecule has 0 heterocycles. The standard InChI is InChI=1S/C10H6Cl3F3/c1-2-6(10(14,15)16)5-3-7(11)9(13)8(12)4-5/h2-4H,1H3/b6-2+. The van der Waals surface area contributed by atoms with Crippen molar-refractivity contribution in [1.82, 2.24) is 0 Å². The molecule has 6 heteroatoms. The molecule has 0 saturated carbocycles. The van der Waals surface area contributed by atoms with E-state index in [1.54, 1.807) is 0 Å². The molecular formula is C10H6Cl3F3. The molecule has 0 spiro atoms. The first-order chi connectivity index (χ1) is 7.27. The van der Waals surface area contributed by atoms with E-state index in [0.29, 0.717) is 0 Å². The molecule has 1 aromatic rings. The summed E-state index contributed by atoms with van der Waals surface area (Å²) in [4.78, 5) is 0. The number of allylic oxidation sites excluding steroid dienone is 2. The van der Waals surface area contributed by atoms with Crippen LogP contribution in [-0.2, 0) is 0 Å². The maximum Gasteiger partial charge on any atom is 0.416 e. The molecule has 0 fully saturated rings. The molecule has 0 N–H and O–H groups in total. The summed E-state index contributed by atoms with van der Waals surface area (Å²) < 4.78 is 37.7. The van der Waals surface area contributed by atoms with Gasteiger partial charge in [-0.15, -0.1) is 0 Å². The van der Waals surface area contributed by atoms with Crippen molar-refractivity contribution >= 4 is 40.4 Å². The van der Waals surface area contributed by atoms with Gasteiger partial charge in [0.25, 0.3) is 0 Å². The van der Waals surface area contributed by atoms with Gasteiger partial charge in [0.2, 0.25) is 0 Å². The molecule has 16 heavy (non-hydrogen) atoms. The van der Waals surface area contributed by atoms with E-state index in [2.05, 4.69) is 0 Å². The van der Waals surface area contributed by atoms with Crippen molar-refractivity contribution in [1.29, 1.82) is 0 Å². The minimum Gasteiger partial charge on any atom is -0.166 e. The smallest absolute Gasteiger partial charge is 0.166 e. The van der Waals surface area contributed by atoms with Crippen molar-refractivity contribution in [2.75, 3.05) is 0 Å². The Bertz CT molecular complexity index is 412. The Balaban J connectivity index is 3.35. The van der Waals surface area contributed by atoms with Crippen LogP contribution in [-0.4, -0.2) is 6.18 Å². The largest absolute Gasteiger partial charge is 0.416 e. The van der Waals surface area contributed by atoms with E-state index in [1.165, 1.54) is 6.92 Å². The van der Waals surface area contributed by atoms with Crippen molar-refractivity contribution in [2.24, 2.45) is 0 Å². The maximum absolute atomic E-state index is 12.6. The number of benzene rings is 1.